The molecule has 0 radical (unpaired) electrons. The van der Waals surface area contributed by atoms with Crippen LogP contribution < -0.4 is 5.69 Å². The molecule has 0 saturated heterocycles. The molecule has 4 fully saturated rings. The molecule has 1 heterocycles. The van der Waals surface area contributed by atoms with Crippen molar-refractivity contribution in [2.24, 2.45) is 23.7 Å². The van der Waals surface area contributed by atoms with E-state index in [1.165, 1.54) is 43.4 Å². The molecule has 0 unspecified atom stereocenters. The van der Waals surface area contributed by atoms with Crippen molar-refractivity contribution in [1.29, 1.82) is 0 Å². The fourth-order valence-electron chi connectivity index (χ4n) is 6.58. The van der Waals surface area contributed by atoms with Crippen LogP contribution in [0.3, 0.4) is 0 Å². The molecule has 1 N–H and O–H groups in total. The molecule has 138 valence electrons. The van der Waals surface area contributed by atoms with Crippen LogP contribution in [-0.4, -0.2) is 9.55 Å². The first-order chi connectivity index (χ1) is 12.6. The third-order valence-electron chi connectivity index (χ3n) is 7.33. The topological polar surface area (TPSA) is 37.8 Å². The normalized spacial score (nSPS) is 32.5. The Hall–Kier alpha value is -1.77. The van der Waals surface area contributed by atoms with Crippen LogP contribution in [0.1, 0.15) is 74.9 Å². The molecule has 4 bridgehead atoms. The Morgan fingerprint density at radius 3 is 2.19 bits per heavy atom. The zero-order valence-corrected chi connectivity index (χ0v) is 15.9. The highest BCUT2D eigenvalue weighted by Gasteiger charge is 2.49. The maximum Gasteiger partial charge on any atom is 0.326 e. The summed E-state index contributed by atoms with van der Waals surface area (Å²) in [6.07, 6.45) is 7.69. The highest BCUT2D eigenvalue weighted by Crippen LogP contribution is 2.58. The standard InChI is InChI=1S/C23H30N2O/c1-14(2)21-20(13-15-6-4-3-5-7-15)25(23(26)24-21)22-18-9-16-8-17(11-18)12-19(22)10-16/h3-7,14,16-19,22H,8-13H2,1-2H3,(H,24,26). The number of hydrogen-bond acceptors (Lipinski definition) is 1. The Labute approximate surface area is 155 Å². The first-order valence-corrected chi connectivity index (χ1v) is 10.5. The molecule has 0 aliphatic heterocycles. The van der Waals surface area contributed by atoms with Crippen LogP contribution in [0, 0.1) is 23.7 Å². The minimum absolute atomic E-state index is 0.136. The number of nitrogens with zero attached hydrogens (tertiary/aromatic N) is 1. The number of H-pyrrole nitrogens is 1. The van der Waals surface area contributed by atoms with Crippen LogP contribution in [-0.2, 0) is 6.42 Å². The van der Waals surface area contributed by atoms with Gasteiger partial charge in [-0.1, -0.05) is 44.2 Å². The van der Waals surface area contributed by atoms with Crippen LogP contribution in [0.15, 0.2) is 35.1 Å². The number of hydrogen-bond donors (Lipinski definition) is 1. The van der Waals surface area contributed by atoms with Gasteiger partial charge in [0.1, 0.15) is 0 Å². The lowest BCUT2D eigenvalue weighted by molar-refractivity contribution is -0.0311. The number of aromatic nitrogens is 2. The quantitative estimate of drug-likeness (QED) is 0.838. The van der Waals surface area contributed by atoms with E-state index >= 15 is 0 Å². The zero-order chi connectivity index (χ0) is 17.8. The van der Waals surface area contributed by atoms with Gasteiger partial charge in [0.15, 0.2) is 0 Å². The molecule has 4 aliphatic rings. The van der Waals surface area contributed by atoms with E-state index in [9.17, 15) is 4.79 Å². The molecule has 1 aromatic carbocycles. The summed E-state index contributed by atoms with van der Waals surface area (Å²) in [5.41, 5.74) is 3.82. The molecule has 3 heteroatoms. The summed E-state index contributed by atoms with van der Waals surface area (Å²) in [5.74, 6) is 3.65. The van der Waals surface area contributed by atoms with Crippen molar-refractivity contribution in [3.63, 3.8) is 0 Å². The molecule has 0 atom stereocenters. The smallest absolute Gasteiger partial charge is 0.309 e. The van der Waals surface area contributed by atoms with E-state index in [1.54, 1.807) is 0 Å². The highest BCUT2D eigenvalue weighted by atomic mass is 16.1. The molecule has 0 amide bonds. The lowest BCUT2D eigenvalue weighted by Crippen LogP contribution is -2.48. The Morgan fingerprint density at radius 2 is 1.62 bits per heavy atom. The zero-order valence-electron chi connectivity index (χ0n) is 15.9. The van der Waals surface area contributed by atoms with Gasteiger partial charge in [-0.15, -0.1) is 0 Å². The number of aromatic amines is 1. The number of nitrogens with one attached hydrogen (secondary N) is 1. The number of rotatable bonds is 4. The van der Waals surface area contributed by atoms with E-state index in [0.29, 0.717) is 23.8 Å². The maximum atomic E-state index is 13.1. The van der Waals surface area contributed by atoms with Crippen molar-refractivity contribution >= 4 is 0 Å². The molecule has 6 rings (SSSR count). The lowest BCUT2D eigenvalue weighted by Gasteiger charge is -2.54. The first-order valence-electron chi connectivity index (χ1n) is 10.5. The van der Waals surface area contributed by atoms with E-state index in [0.717, 1.165) is 24.0 Å². The lowest BCUT2D eigenvalue weighted by atomic mass is 9.54. The van der Waals surface area contributed by atoms with Crippen molar-refractivity contribution in [3.8, 4) is 0 Å². The van der Waals surface area contributed by atoms with Crippen LogP contribution in [0.5, 0.6) is 0 Å². The fraction of sp³-hybridized carbons (Fsp3) is 0.609. The largest absolute Gasteiger partial charge is 0.326 e. The average Bonchev–Trinajstić information content (AvgIpc) is 2.92. The van der Waals surface area contributed by atoms with Crippen molar-refractivity contribution < 1.29 is 0 Å². The van der Waals surface area contributed by atoms with Crippen molar-refractivity contribution in [2.45, 2.75) is 64.3 Å². The van der Waals surface area contributed by atoms with Gasteiger partial charge in [0, 0.05) is 23.9 Å². The molecular formula is C23H30N2O. The summed E-state index contributed by atoms with van der Waals surface area (Å²) in [6, 6.07) is 11.1. The van der Waals surface area contributed by atoms with Crippen LogP contribution in [0.4, 0.5) is 0 Å². The predicted molar refractivity (Wildman–Crippen MR) is 104 cm³/mol. The average molecular weight is 351 g/mol. The molecule has 4 aliphatic carbocycles. The van der Waals surface area contributed by atoms with Crippen LogP contribution in [0.25, 0.3) is 0 Å². The SMILES string of the molecule is CC(C)c1[nH]c(=O)n(C2C3CC4CC(C3)CC2C4)c1Cc1ccccc1. The summed E-state index contributed by atoms with van der Waals surface area (Å²) in [6.45, 7) is 4.39. The second-order valence-corrected chi connectivity index (χ2v) is 9.40. The van der Waals surface area contributed by atoms with Gasteiger partial charge < -0.3 is 4.98 Å². The fourth-order valence-corrected chi connectivity index (χ4v) is 6.58. The number of benzene rings is 1. The highest BCUT2D eigenvalue weighted by molar-refractivity contribution is 5.28. The second-order valence-electron chi connectivity index (χ2n) is 9.40. The molecule has 2 aromatic rings. The van der Waals surface area contributed by atoms with E-state index in [2.05, 4.69) is 53.7 Å². The Morgan fingerprint density at radius 1 is 1.00 bits per heavy atom. The van der Waals surface area contributed by atoms with E-state index in [1.807, 2.05) is 0 Å². The molecule has 1 aromatic heterocycles. The Bertz CT molecular complexity index is 817. The van der Waals surface area contributed by atoms with Crippen LogP contribution >= 0.6 is 0 Å². The van der Waals surface area contributed by atoms with E-state index in [4.69, 9.17) is 0 Å². The molecule has 3 nitrogen and oxygen atoms in total. The minimum atomic E-state index is 0.136. The summed E-state index contributed by atoms with van der Waals surface area (Å²) in [5, 5.41) is 0. The second kappa shape index (κ2) is 6.14. The first kappa shape index (κ1) is 16.4. The van der Waals surface area contributed by atoms with Gasteiger partial charge in [0.05, 0.1) is 0 Å². The molecule has 4 saturated carbocycles. The van der Waals surface area contributed by atoms with Gasteiger partial charge in [0.25, 0.3) is 0 Å². The Balaban J connectivity index is 1.59. The van der Waals surface area contributed by atoms with Gasteiger partial charge in [-0.25, -0.2) is 4.79 Å². The molecule has 0 spiro atoms. The van der Waals surface area contributed by atoms with Gasteiger partial charge in [-0.2, -0.15) is 0 Å². The third-order valence-corrected chi connectivity index (χ3v) is 7.33. The monoisotopic (exact) mass is 350 g/mol. The molecule has 26 heavy (non-hydrogen) atoms. The number of imidazole rings is 1. The van der Waals surface area contributed by atoms with Gasteiger partial charge in [-0.3, -0.25) is 4.57 Å². The maximum absolute atomic E-state index is 13.1. The van der Waals surface area contributed by atoms with Crippen molar-refractivity contribution in [3.05, 3.63) is 57.8 Å². The van der Waals surface area contributed by atoms with Crippen molar-refractivity contribution in [1.82, 2.24) is 9.55 Å². The minimum Gasteiger partial charge on any atom is -0.309 e. The summed E-state index contributed by atoms with van der Waals surface area (Å²) < 4.78 is 2.22. The summed E-state index contributed by atoms with van der Waals surface area (Å²) in [4.78, 5) is 16.3. The van der Waals surface area contributed by atoms with E-state index in [-0.39, 0.29) is 5.69 Å². The summed E-state index contributed by atoms with van der Waals surface area (Å²) in [7, 11) is 0. The van der Waals surface area contributed by atoms with Crippen LogP contribution in [0.2, 0.25) is 0 Å². The van der Waals surface area contributed by atoms with E-state index < -0.39 is 0 Å². The summed E-state index contributed by atoms with van der Waals surface area (Å²) >= 11 is 0. The van der Waals surface area contributed by atoms with Gasteiger partial charge in [0.2, 0.25) is 0 Å². The van der Waals surface area contributed by atoms with Gasteiger partial charge in [-0.05, 0) is 67.3 Å². The molecular weight excluding hydrogens is 320 g/mol. The third kappa shape index (κ3) is 2.59. The van der Waals surface area contributed by atoms with Gasteiger partial charge >= 0.3 is 5.69 Å². The Kier molecular flexibility index (Phi) is 3.88. The predicted octanol–water partition coefficient (Wildman–Crippen LogP) is 4.89. The van der Waals surface area contributed by atoms with Crippen molar-refractivity contribution in [2.75, 3.05) is 0 Å².